The van der Waals surface area contributed by atoms with E-state index in [1.807, 2.05) is 0 Å². The summed E-state index contributed by atoms with van der Waals surface area (Å²) in [6.07, 6.45) is 2.70. The van der Waals surface area contributed by atoms with Crippen LogP contribution in [0.4, 0.5) is 10.1 Å². The number of rotatable bonds is 4. The molecule has 1 saturated heterocycles. The molecule has 1 amide bonds. The average molecular weight is 390 g/mol. The van der Waals surface area contributed by atoms with Crippen molar-refractivity contribution < 1.29 is 17.6 Å². The third-order valence-corrected chi connectivity index (χ3v) is 6.79. The van der Waals surface area contributed by atoms with E-state index < -0.39 is 21.7 Å². The van der Waals surface area contributed by atoms with Crippen LogP contribution in [0.3, 0.4) is 0 Å². The van der Waals surface area contributed by atoms with Crippen LogP contribution in [0.15, 0.2) is 41.3 Å². The Hall–Kier alpha value is -2.25. The lowest BCUT2D eigenvalue weighted by Gasteiger charge is -2.26. The monoisotopic (exact) mass is 390 g/mol. The number of halogens is 1. The minimum atomic E-state index is -3.66. The fourth-order valence-corrected chi connectivity index (χ4v) is 4.96. The van der Waals surface area contributed by atoms with Crippen LogP contribution in [0.5, 0.6) is 0 Å². The topological polar surface area (TPSA) is 66.5 Å². The average Bonchev–Trinajstić information content (AvgIpc) is 2.65. The van der Waals surface area contributed by atoms with Crippen molar-refractivity contribution in [3.05, 3.63) is 58.9 Å². The van der Waals surface area contributed by atoms with Gasteiger partial charge in [-0.1, -0.05) is 18.6 Å². The Morgan fingerprint density at radius 1 is 1.04 bits per heavy atom. The fourth-order valence-electron chi connectivity index (χ4n) is 3.19. The predicted octanol–water partition coefficient (Wildman–Crippen LogP) is 3.87. The zero-order valence-electron chi connectivity index (χ0n) is 15.5. The van der Waals surface area contributed by atoms with Crippen molar-refractivity contribution in [2.75, 3.05) is 18.4 Å². The molecule has 144 valence electrons. The number of carbonyl (C=O) groups excluding carboxylic acids is 1. The molecule has 27 heavy (non-hydrogen) atoms. The van der Waals surface area contributed by atoms with Crippen LogP contribution in [0.2, 0.25) is 0 Å². The van der Waals surface area contributed by atoms with Gasteiger partial charge in [-0.15, -0.1) is 0 Å². The first-order chi connectivity index (χ1) is 12.8. The van der Waals surface area contributed by atoms with Gasteiger partial charge in [0.05, 0.1) is 10.6 Å². The van der Waals surface area contributed by atoms with Gasteiger partial charge in [0, 0.05) is 18.7 Å². The van der Waals surface area contributed by atoms with Crippen LogP contribution in [-0.2, 0) is 10.0 Å². The predicted molar refractivity (Wildman–Crippen MR) is 103 cm³/mol. The molecule has 0 atom stereocenters. The Bertz CT molecular complexity index is 967. The van der Waals surface area contributed by atoms with Crippen molar-refractivity contribution in [2.45, 2.75) is 38.0 Å². The van der Waals surface area contributed by atoms with Crippen molar-refractivity contribution in [1.82, 2.24) is 4.31 Å². The Morgan fingerprint density at radius 2 is 1.74 bits per heavy atom. The Morgan fingerprint density at radius 3 is 2.44 bits per heavy atom. The molecule has 1 heterocycles. The molecule has 1 fully saturated rings. The number of benzene rings is 2. The summed E-state index contributed by atoms with van der Waals surface area (Å²) in [7, 11) is -3.66. The molecule has 2 aromatic carbocycles. The fraction of sp³-hybridized carbons (Fsp3) is 0.350. The van der Waals surface area contributed by atoms with E-state index in [0.29, 0.717) is 18.7 Å². The summed E-state index contributed by atoms with van der Waals surface area (Å²) in [6, 6.07) is 8.97. The molecule has 0 unspecified atom stereocenters. The second-order valence-electron chi connectivity index (χ2n) is 6.88. The zero-order chi connectivity index (χ0) is 19.6. The van der Waals surface area contributed by atoms with Gasteiger partial charge in [0.1, 0.15) is 5.82 Å². The highest BCUT2D eigenvalue weighted by atomic mass is 32.2. The van der Waals surface area contributed by atoms with Gasteiger partial charge in [0.15, 0.2) is 0 Å². The van der Waals surface area contributed by atoms with Crippen LogP contribution in [0.25, 0.3) is 0 Å². The summed E-state index contributed by atoms with van der Waals surface area (Å²) >= 11 is 0. The maximum atomic E-state index is 13.9. The number of amides is 1. The van der Waals surface area contributed by atoms with Gasteiger partial charge in [-0.05, 0) is 62.1 Å². The van der Waals surface area contributed by atoms with Gasteiger partial charge in [-0.3, -0.25) is 4.79 Å². The molecule has 1 aliphatic heterocycles. The number of sulfonamides is 1. The largest absolute Gasteiger partial charge is 0.319 e. The summed E-state index contributed by atoms with van der Waals surface area (Å²) in [4.78, 5) is 12.7. The smallest absolute Gasteiger partial charge is 0.255 e. The van der Waals surface area contributed by atoms with E-state index in [1.54, 1.807) is 32.0 Å². The van der Waals surface area contributed by atoms with E-state index >= 15 is 0 Å². The number of nitrogens with one attached hydrogen (secondary N) is 1. The maximum Gasteiger partial charge on any atom is 0.255 e. The zero-order valence-corrected chi connectivity index (χ0v) is 16.3. The third-order valence-electron chi connectivity index (χ3n) is 4.75. The van der Waals surface area contributed by atoms with E-state index in [1.165, 1.54) is 22.5 Å². The van der Waals surface area contributed by atoms with Crippen molar-refractivity contribution in [1.29, 1.82) is 0 Å². The van der Waals surface area contributed by atoms with Gasteiger partial charge in [0.25, 0.3) is 5.91 Å². The maximum absolute atomic E-state index is 13.9. The highest BCUT2D eigenvalue weighted by molar-refractivity contribution is 7.89. The van der Waals surface area contributed by atoms with E-state index in [-0.39, 0.29) is 16.1 Å². The molecule has 1 aliphatic rings. The van der Waals surface area contributed by atoms with Gasteiger partial charge in [-0.2, -0.15) is 4.31 Å². The lowest BCUT2D eigenvalue weighted by molar-refractivity contribution is 0.102. The van der Waals surface area contributed by atoms with Crippen LogP contribution < -0.4 is 5.32 Å². The molecule has 0 aliphatic carbocycles. The molecule has 0 radical (unpaired) electrons. The number of carbonyl (C=O) groups is 1. The molecule has 3 rings (SSSR count). The van der Waals surface area contributed by atoms with Crippen molar-refractivity contribution >= 4 is 21.6 Å². The standard InChI is InChI=1S/C20H23FN2O3S/c1-14-6-9-17(21)18(12-14)22-20(24)16-8-7-15(2)19(13-16)27(25,26)23-10-4-3-5-11-23/h6-9,12-13H,3-5,10-11H2,1-2H3,(H,22,24). The van der Waals surface area contributed by atoms with E-state index in [4.69, 9.17) is 0 Å². The van der Waals surface area contributed by atoms with Crippen LogP contribution >= 0.6 is 0 Å². The summed E-state index contributed by atoms with van der Waals surface area (Å²) in [5.41, 5.74) is 1.64. The number of nitrogens with zero attached hydrogens (tertiary/aromatic N) is 1. The SMILES string of the molecule is Cc1ccc(F)c(NC(=O)c2ccc(C)c(S(=O)(=O)N3CCCCC3)c2)c1. The molecule has 0 saturated carbocycles. The molecule has 0 spiro atoms. The third kappa shape index (κ3) is 4.20. The highest BCUT2D eigenvalue weighted by Gasteiger charge is 2.28. The molecule has 5 nitrogen and oxygen atoms in total. The second kappa shape index (κ2) is 7.78. The van der Waals surface area contributed by atoms with E-state index in [9.17, 15) is 17.6 Å². The lowest BCUT2D eigenvalue weighted by Crippen LogP contribution is -2.36. The molecule has 0 bridgehead atoms. The van der Waals surface area contributed by atoms with Gasteiger partial charge < -0.3 is 5.32 Å². The molecular weight excluding hydrogens is 367 g/mol. The minimum Gasteiger partial charge on any atom is -0.319 e. The summed E-state index contributed by atoms with van der Waals surface area (Å²) < 4.78 is 41.3. The Balaban J connectivity index is 1.90. The number of anilines is 1. The second-order valence-corrected chi connectivity index (χ2v) is 8.79. The van der Waals surface area contributed by atoms with Crippen molar-refractivity contribution in [3.63, 3.8) is 0 Å². The number of aryl methyl sites for hydroxylation is 2. The Kier molecular flexibility index (Phi) is 5.62. The lowest BCUT2D eigenvalue weighted by atomic mass is 10.1. The minimum absolute atomic E-state index is 0.0704. The highest BCUT2D eigenvalue weighted by Crippen LogP contribution is 2.25. The summed E-state index contributed by atoms with van der Waals surface area (Å²) in [5, 5.41) is 2.52. The first kappa shape index (κ1) is 19.5. The Labute approximate surface area is 159 Å². The quantitative estimate of drug-likeness (QED) is 0.862. The van der Waals surface area contributed by atoms with Crippen molar-refractivity contribution in [3.8, 4) is 0 Å². The first-order valence-electron chi connectivity index (χ1n) is 8.97. The van der Waals surface area contributed by atoms with E-state index in [0.717, 1.165) is 24.8 Å². The number of hydrogen-bond acceptors (Lipinski definition) is 3. The van der Waals surface area contributed by atoms with Crippen LogP contribution in [0.1, 0.15) is 40.7 Å². The molecule has 7 heteroatoms. The van der Waals surface area contributed by atoms with Gasteiger partial charge in [0.2, 0.25) is 10.0 Å². The molecule has 1 N–H and O–H groups in total. The van der Waals surface area contributed by atoms with Crippen LogP contribution in [0, 0.1) is 19.7 Å². The summed E-state index contributed by atoms with van der Waals surface area (Å²) in [5.74, 6) is -1.09. The van der Waals surface area contributed by atoms with E-state index in [2.05, 4.69) is 5.32 Å². The van der Waals surface area contributed by atoms with Crippen molar-refractivity contribution in [2.24, 2.45) is 0 Å². The molecule has 0 aromatic heterocycles. The van der Waals surface area contributed by atoms with Crippen LogP contribution in [-0.4, -0.2) is 31.7 Å². The normalized spacial score (nSPS) is 15.5. The van der Waals surface area contributed by atoms with Gasteiger partial charge >= 0.3 is 0 Å². The number of piperidine rings is 1. The molecule has 2 aromatic rings. The summed E-state index contributed by atoms with van der Waals surface area (Å²) in [6.45, 7) is 4.49. The van der Waals surface area contributed by atoms with Gasteiger partial charge in [-0.25, -0.2) is 12.8 Å². The molecular formula is C20H23FN2O3S. The first-order valence-corrected chi connectivity index (χ1v) is 10.4. The number of hydrogen-bond donors (Lipinski definition) is 1.